The van der Waals surface area contributed by atoms with Gasteiger partial charge in [-0.1, -0.05) is 17.8 Å². The van der Waals surface area contributed by atoms with Crippen LogP contribution in [0.3, 0.4) is 0 Å². The molecule has 164 valence electrons. The number of hydrogen-bond acceptors (Lipinski definition) is 7. The van der Waals surface area contributed by atoms with Crippen LogP contribution in [-0.2, 0) is 18.4 Å². The second kappa shape index (κ2) is 9.06. The van der Waals surface area contributed by atoms with Gasteiger partial charge >= 0.3 is 0 Å². The number of rotatable bonds is 7. The highest BCUT2D eigenvalue weighted by molar-refractivity contribution is 7.99. The summed E-state index contributed by atoms with van der Waals surface area (Å²) in [6.45, 7) is 6.34. The maximum absolute atomic E-state index is 12.8. The number of aromatic nitrogens is 4. The molecule has 0 bridgehead atoms. The highest BCUT2D eigenvalue weighted by Crippen LogP contribution is 2.29. The van der Waals surface area contributed by atoms with Gasteiger partial charge < -0.3 is 18.9 Å². The van der Waals surface area contributed by atoms with E-state index in [0.29, 0.717) is 28.9 Å². The van der Waals surface area contributed by atoms with Gasteiger partial charge in [-0.3, -0.25) is 4.79 Å². The molecule has 8 nitrogen and oxygen atoms in total. The second-order valence-electron chi connectivity index (χ2n) is 7.30. The molecule has 0 spiro atoms. The van der Waals surface area contributed by atoms with E-state index in [9.17, 15) is 10.1 Å². The third-order valence-electron chi connectivity index (χ3n) is 5.36. The topological polar surface area (TPSA) is 102 Å². The molecule has 4 aromatic rings. The Kier molecular flexibility index (Phi) is 6.21. The van der Waals surface area contributed by atoms with Gasteiger partial charge in [0, 0.05) is 17.6 Å². The summed E-state index contributed by atoms with van der Waals surface area (Å²) in [6, 6.07) is 8.12. The highest BCUT2D eigenvalue weighted by Gasteiger charge is 2.21. The highest BCUT2D eigenvalue weighted by atomic mass is 32.2. The van der Waals surface area contributed by atoms with Gasteiger partial charge in [0.1, 0.15) is 17.6 Å². The summed E-state index contributed by atoms with van der Waals surface area (Å²) in [5.74, 6) is 1.91. The number of nitriles is 1. The maximum Gasteiger partial charge on any atom is 0.235 e. The predicted octanol–water partition coefficient (Wildman–Crippen LogP) is 4.51. The van der Waals surface area contributed by atoms with Crippen molar-refractivity contribution in [3.8, 4) is 17.5 Å². The first kappa shape index (κ1) is 21.9. The number of anilines is 1. The molecule has 0 aromatic carbocycles. The van der Waals surface area contributed by atoms with Crippen LogP contribution < -0.4 is 5.32 Å². The number of thioether (sulfide) groups is 1. The summed E-state index contributed by atoms with van der Waals surface area (Å²) in [7, 11) is 1.86. The van der Waals surface area contributed by atoms with E-state index in [-0.39, 0.29) is 11.7 Å². The van der Waals surface area contributed by atoms with Crippen molar-refractivity contribution in [3.05, 3.63) is 57.3 Å². The minimum absolute atomic E-state index is 0.142. The Balaban J connectivity index is 1.50. The first-order chi connectivity index (χ1) is 15.4. The third kappa shape index (κ3) is 4.09. The molecule has 0 atom stereocenters. The van der Waals surface area contributed by atoms with Crippen molar-refractivity contribution in [1.29, 1.82) is 5.26 Å². The smallest absolute Gasteiger partial charge is 0.235 e. The third-order valence-corrected chi connectivity index (χ3v) is 7.24. The Labute approximate surface area is 193 Å². The summed E-state index contributed by atoms with van der Waals surface area (Å²) in [4.78, 5) is 14.0. The van der Waals surface area contributed by atoms with Crippen LogP contribution in [0.5, 0.6) is 0 Å². The van der Waals surface area contributed by atoms with Crippen molar-refractivity contribution in [2.45, 2.75) is 32.5 Å². The van der Waals surface area contributed by atoms with Crippen molar-refractivity contribution in [2.24, 2.45) is 7.05 Å². The Bertz CT molecular complexity index is 1310. The van der Waals surface area contributed by atoms with Gasteiger partial charge in [0.25, 0.3) is 0 Å². The number of nitrogens with one attached hydrogen (secondary N) is 1. The van der Waals surface area contributed by atoms with Crippen LogP contribution in [0.1, 0.15) is 27.5 Å². The molecule has 4 rings (SSSR count). The quantitative estimate of drug-likeness (QED) is 0.402. The van der Waals surface area contributed by atoms with Crippen molar-refractivity contribution in [1.82, 2.24) is 19.3 Å². The monoisotopic (exact) mass is 466 g/mol. The van der Waals surface area contributed by atoms with E-state index in [4.69, 9.17) is 4.42 Å². The molecular weight excluding hydrogens is 444 g/mol. The number of furan rings is 1. The predicted molar refractivity (Wildman–Crippen MR) is 125 cm³/mol. The van der Waals surface area contributed by atoms with Crippen LogP contribution in [-0.4, -0.2) is 31.0 Å². The van der Waals surface area contributed by atoms with Crippen molar-refractivity contribution in [3.63, 3.8) is 0 Å². The molecule has 10 heteroatoms. The molecule has 0 aliphatic carbocycles. The summed E-state index contributed by atoms with van der Waals surface area (Å²) < 4.78 is 9.18. The molecule has 1 amide bonds. The molecule has 0 unspecified atom stereocenters. The van der Waals surface area contributed by atoms with Gasteiger partial charge in [0.15, 0.2) is 11.0 Å². The fourth-order valence-corrected chi connectivity index (χ4v) is 4.88. The Morgan fingerprint density at radius 2 is 2.12 bits per heavy atom. The summed E-state index contributed by atoms with van der Waals surface area (Å²) in [5, 5.41) is 23.7. The average molecular weight is 467 g/mol. The van der Waals surface area contributed by atoms with Gasteiger partial charge in [-0.25, -0.2) is 0 Å². The zero-order chi connectivity index (χ0) is 22.8. The fraction of sp³-hybridized carbons (Fsp3) is 0.273. The normalized spacial score (nSPS) is 11.0. The standard InChI is InChI=1S/C22H22N6O2S2/c1-13-14(2)28(11-16-6-5-9-31-16)20(18(13)10-23)24-19(29)12-32-22-26-25-21(27(22)4)17-7-8-30-15(17)3/h5-9H,11-12H2,1-4H3,(H,24,29). The van der Waals surface area contributed by atoms with E-state index in [2.05, 4.69) is 21.6 Å². The Morgan fingerprint density at radius 3 is 2.78 bits per heavy atom. The van der Waals surface area contributed by atoms with E-state index in [1.807, 2.05) is 60.5 Å². The van der Waals surface area contributed by atoms with Crippen LogP contribution in [0.15, 0.2) is 39.4 Å². The Morgan fingerprint density at radius 1 is 1.31 bits per heavy atom. The molecule has 32 heavy (non-hydrogen) atoms. The number of carbonyl (C=O) groups excluding carboxylic acids is 1. The molecule has 0 radical (unpaired) electrons. The summed E-state index contributed by atoms with van der Waals surface area (Å²) in [6.07, 6.45) is 1.61. The lowest BCUT2D eigenvalue weighted by Crippen LogP contribution is -2.18. The van der Waals surface area contributed by atoms with E-state index >= 15 is 0 Å². The zero-order valence-corrected chi connectivity index (χ0v) is 19.8. The molecule has 0 saturated carbocycles. The SMILES string of the molecule is Cc1occc1-c1nnc(SCC(=O)Nc2c(C#N)c(C)c(C)n2Cc2cccs2)n1C. The van der Waals surface area contributed by atoms with Crippen LogP contribution in [0, 0.1) is 32.1 Å². The van der Waals surface area contributed by atoms with Crippen molar-refractivity contribution < 1.29 is 9.21 Å². The molecule has 0 saturated heterocycles. The average Bonchev–Trinajstić information content (AvgIpc) is 3.54. The van der Waals surface area contributed by atoms with Gasteiger partial charge in [-0.15, -0.1) is 21.5 Å². The largest absolute Gasteiger partial charge is 0.469 e. The molecule has 0 aliphatic heterocycles. The lowest BCUT2D eigenvalue weighted by molar-refractivity contribution is -0.113. The second-order valence-corrected chi connectivity index (χ2v) is 9.28. The van der Waals surface area contributed by atoms with Crippen LogP contribution >= 0.6 is 23.1 Å². The van der Waals surface area contributed by atoms with E-state index in [1.165, 1.54) is 11.8 Å². The van der Waals surface area contributed by atoms with Crippen LogP contribution in [0.25, 0.3) is 11.4 Å². The van der Waals surface area contributed by atoms with Gasteiger partial charge in [-0.05, 0) is 43.8 Å². The molecule has 0 fully saturated rings. The number of carbonyl (C=O) groups is 1. The number of amides is 1. The van der Waals surface area contributed by atoms with E-state index in [0.717, 1.165) is 27.5 Å². The number of thiophene rings is 1. The van der Waals surface area contributed by atoms with E-state index < -0.39 is 0 Å². The molecular formula is C22H22N6O2S2. The molecule has 4 heterocycles. The molecule has 0 aliphatic rings. The van der Waals surface area contributed by atoms with Crippen molar-refractivity contribution >= 4 is 34.8 Å². The zero-order valence-electron chi connectivity index (χ0n) is 18.2. The first-order valence-electron chi connectivity index (χ1n) is 9.89. The van der Waals surface area contributed by atoms with Crippen molar-refractivity contribution in [2.75, 3.05) is 11.1 Å². The fourth-order valence-electron chi connectivity index (χ4n) is 3.48. The van der Waals surface area contributed by atoms with Gasteiger partial charge in [0.05, 0.1) is 29.7 Å². The minimum atomic E-state index is -0.208. The number of aryl methyl sites for hydroxylation is 1. The van der Waals surface area contributed by atoms with Crippen LogP contribution in [0.4, 0.5) is 5.82 Å². The molecule has 4 aromatic heterocycles. The lowest BCUT2D eigenvalue weighted by atomic mass is 10.2. The summed E-state index contributed by atoms with van der Waals surface area (Å²) >= 11 is 2.93. The number of hydrogen-bond donors (Lipinski definition) is 1. The van der Waals surface area contributed by atoms with Gasteiger partial charge in [-0.2, -0.15) is 5.26 Å². The Hall–Kier alpha value is -3.29. The van der Waals surface area contributed by atoms with Crippen LogP contribution in [0.2, 0.25) is 0 Å². The first-order valence-corrected chi connectivity index (χ1v) is 11.8. The van der Waals surface area contributed by atoms with Gasteiger partial charge in [0.2, 0.25) is 5.91 Å². The lowest BCUT2D eigenvalue weighted by Gasteiger charge is -2.12. The number of nitrogens with zero attached hydrogens (tertiary/aromatic N) is 5. The molecule has 1 N–H and O–H groups in total. The van der Waals surface area contributed by atoms with E-state index in [1.54, 1.807) is 17.6 Å². The summed E-state index contributed by atoms with van der Waals surface area (Å²) in [5.41, 5.74) is 3.20. The maximum atomic E-state index is 12.8. The minimum Gasteiger partial charge on any atom is -0.469 e.